The van der Waals surface area contributed by atoms with E-state index in [4.69, 9.17) is 4.74 Å². The Bertz CT molecular complexity index is 1030. The highest BCUT2D eigenvalue weighted by molar-refractivity contribution is 5.79. The number of nitrogens with one attached hydrogen (secondary N) is 1. The van der Waals surface area contributed by atoms with E-state index in [9.17, 15) is 15.0 Å². The van der Waals surface area contributed by atoms with Crippen LogP contribution in [0.15, 0.2) is 66.7 Å². The molecule has 1 aliphatic rings. The van der Waals surface area contributed by atoms with Gasteiger partial charge < -0.3 is 20.3 Å². The van der Waals surface area contributed by atoms with Crippen molar-refractivity contribution in [1.29, 1.82) is 0 Å². The number of benzene rings is 3. The van der Waals surface area contributed by atoms with Gasteiger partial charge in [0.2, 0.25) is 0 Å². The molecule has 31 heavy (non-hydrogen) atoms. The molecule has 3 aromatic carbocycles. The highest BCUT2D eigenvalue weighted by atomic mass is 16.5. The molecule has 2 atom stereocenters. The maximum Gasteiger partial charge on any atom is 0.407 e. The summed E-state index contributed by atoms with van der Waals surface area (Å²) in [6, 6.07) is 21.9. The molecule has 0 heterocycles. The van der Waals surface area contributed by atoms with Gasteiger partial charge in [-0.25, -0.2) is 4.79 Å². The van der Waals surface area contributed by atoms with Crippen LogP contribution in [-0.2, 0) is 4.74 Å². The molecule has 0 aliphatic heterocycles. The van der Waals surface area contributed by atoms with Gasteiger partial charge in [-0.3, -0.25) is 0 Å². The number of carbonyl (C=O) groups is 1. The minimum atomic E-state index is -1.14. The summed E-state index contributed by atoms with van der Waals surface area (Å²) in [4.78, 5) is 12.3. The van der Waals surface area contributed by atoms with Crippen LogP contribution in [0.3, 0.4) is 0 Å². The predicted molar refractivity (Wildman–Crippen MR) is 120 cm³/mol. The van der Waals surface area contributed by atoms with Gasteiger partial charge in [-0.15, -0.1) is 0 Å². The normalized spacial score (nSPS) is 14.5. The van der Waals surface area contributed by atoms with E-state index in [0.717, 1.165) is 22.3 Å². The molecule has 0 saturated heterocycles. The van der Waals surface area contributed by atoms with Crippen molar-refractivity contribution < 1.29 is 19.7 Å². The molecule has 5 heteroatoms. The second-order valence-corrected chi connectivity index (χ2v) is 8.14. The van der Waals surface area contributed by atoms with Gasteiger partial charge in [0.1, 0.15) is 18.8 Å². The number of aliphatic hydroxyl groups is 2. The van der Waals surface area contributed by atoms with Gasteiger partial charge in [-0.1, -0.05) is 77.9 Å². The molecule has 2 unspecified atom stereocenters. The molecule has 160 valence electrons. The van der Waals surface area contributed by atoms with Gasteiger partial charge >= 0.3 is 6.09 Å². The van der Waals surface area contributed by atoms with E-state index in [0.29, 0.717) is 5.56 Å². The molecule has 0 aromatic heterocycles. The maximum atomic E-state index is 12.3. The first-order chi connectivity index (χ1) is 14.9. The van der Waals surface area contributed by atoms with E-state index in [2.05, 4.69) is 29.6 Å². The van der Waals surface area contributed by atoms with Gasteiger partial charge in [0.25, 0.3) is 0 Å². The van der Waals surface area contributed by atoms with E-state index in [1.165, 1.54) is 11.1 Å². The first-order valence-electron chi connectivity index (χ1n) is 10.5. The largest absolute Gasteiger partial charge is 0.449 e. The minimum Gasteiger partial charge on any atom is -0.449 e. The zero-order valence-electron chi connectivity index (χ0n) is 17.7. The number of hydrogen-bond acceptors (Lipinski definition) is 4. The van der Waals surface area contributed by atoms with Crippen LogP contribution < -0.4 is 5.32 Å². The minimum absolute atomic E-state index is 0.0241. The zero-order chi connectivity index (χ0) is 22.0. The quantitative estimate of drug-likeness (QED) is 0.561. The van der Waals surface area contributed by atoms with E-state index in [1.54, 1.807) is 0 Å². The first-order valence-corrected chi connectivity index (χ1v) is 10.5. The number of hydrogen-bond donors (Lipinski definition) is 3. The van der Waals surface area contributed by atoms with Crippen molar-refractivity contribution in [2.45, 2.75) is 32.0 Å². The molecule has 4 rings (SSSR count). The Morgan fingerprint density at radius 2 is 1.48 bits per heavy atom. The number of rotatable bonds is 6. The fraction of sp³-hybridized carbons (Fsp3) is 0.269. The summed E-state index contributed by atoms with van der Waals surface area (Å²) in [6.45, 7) is 3.97. The highest BCUT2D eigenvalue weighted by Gasteiger charge is 2.29. The molecule has 5 nitrogen and oxygen atoms in total. The number of fused-ring (bicyclic) bond motifs is 3. The Morgan fingerprint density at radius 1 is 0.935 bits per heavy atom. The third kappa shape index (κ3) is 4.48. The van der Waals surface area contributed by atoms with Crippen molar-refractivity contribution in [1.82, 2.24) is 5.32 Å². The fourth-order valence-electron chi connectivity index (χ4n) is 4.35. The number of ether oxygens (including phenoxy) is 1. The predicted octanol–water partition coefficient (Wildman–Crippen LogP) is 4.24. The molecular weight excluding hydrogens is 390 g/mol. The van der Waals surface area contributed by atoms with Crippen LogP contribution in [0, 0.1) is 13.8 Å². The molecule has 3 N–H and O–H groups in total. The smallest absolute Gasteiger partial charge is 0.407 e. The number of aliphatic hydroxyl groups excluding tert-OH is 2. The number of amides is 1. The van der Waals surface area contributed by atoms with Crippen LogP contribution >= 0.6 is 0 Å². The summed E-state index contributed by atoms with van der Waals surface area (Å²) in [5.74, 6) is -0.0241. The molecule has 1 amide bonds. The van der Waals surface area contributed by atoms with E-state index >= 15 is 0 Å². The molecule has 0 fully saturated rings. The molecule has 0 saturated carbocycles. The Morgan fingerprint density at radius 3 is 2.06 bits per heavy atom. The van der Waals surface area contributed by atoms with Gasteiger partial charge in [0.15, 0.2) is 0 Å². The summed E-state index contributed by atoms with van der Waals surface area (Å²) in [5.41, 5.74) is 7.25. The van der Waals surface area contributed by atoms with Crippen LogP contribution in [0.4, 0.5) is 4.79 Å². The summed E-state index contributed by atoms with van der Waals surface area (Å²) in [6.07, 6.45) is -2.84. The first kappa shape index (κ1) is 21.1. The average Bonchev–Trinajstić information content (AvgIpc) is 3.08. The van der Waals surface area contributed by atoms with Crippen LogP contribution in [0.1, 0.15) is 39.8 Å². The van der Waals surface area contributed by atoms with Crippen molar-refractivity contribution in [2.24, 2.45) is 0 Å². The molecule has 1 aliphatic carbocycles. The Labute approximate surface area is 182 Å². The topological polar surface area (TPSA) is 78.8 Å². The number of carbonyl (C=O) groups excluding carboxylic acids is 1. The second-order valence-electron chi connectivity index (χ2n) is 8.14. The fourth-order valence-corrected chi connectivity index (χ4v) is 4.35. The molecule has 0 bridgehead atoms. The standard InChI is InChI=1S/C26H27NO4/c1-16-11-17(2)13-18(12-16)25(29)24(28)14-27-26(30)31-15-23-21-9-5-3-7-19(21)20-8-4-6-10-22(20)23/h3-13,23-25,28-29H,14-15H2,1-2H3,(H,27,30). The van der Waals surface area contributed by atoms with Gasteiger partial charge in [0, 0.05) is 12.5 Å². The third-order valence-corrected chi connectivity index (χ3v) is 5.75. The van der Waals surface area contributed by atoms with Gasteiger partial charge in [-0.2, -0.15) is 0 Å². The number of alkyl carbamates (subject to hydrolysis) is 1. The molecule has 3 aromatic rings. The lowest BCUT2D eigenvalue weighted by Gasteiger charge is -2.20. The van der Waals surface area contributed by atoms with E-state index in [-0.39, 0.29) is 19.1 Å². The van der Waals surface area contributed by atoms with Crippen molar-refractivity contribution in [3.05, 3.63) is 94.5 Å². The summed E-state index contributed by atoms with van der Waals surface area (Å²) in [5, 5.41) is 23.3. The Hall–Kier alpha value is -3.15. The highest BCUT2D eigenvalue weighted by Crippen LogP contribution is 2.44. The molecule has 0 radical (unpaired) electrons. The SMILES string of the molecule is Cc1cc(C)cc(C(O)C(O)CNC(=O)OCC2c3ccccc3-c3ccccc32)c1. The monoisotopic (exact) mass is 417 g/mol. The van der Waals surface area contributed by atoms with Crippen molar-refractivity contribution in [3.8, 4) is 11.1 Å². The third-order valence-electron chi connectivity index (χ3n) is 5.75. The van der Waals surface area contributed by atoms with E-state index < -0.39 is 18.3 Å². The van der Waals surface area contributed by atoms with Gasteiger partial charge in [-0.05, 0) is 41.7 Å². The van der Waals surface area contributed by atoms with Crippen molar-refractivity contribution >= 4 is 6.09 Å². The molecular formula is C26H27NO4. The molecule has 0 spiro atoms. The van der Waals surface area contributed by atoms with Crippen molar-refractivity contribution in [3.63, 3.8) is 0 Å². The Kier molecular flexibility index (Phi) is 6.07. The average molecular weight is 418 g/mol. The van der Waals surface area contributed by atoms with Gasteiger partial charge in [0.05, 0.1) is 0 Å². The Balaban J connectivity index is 1.35. The van der Waals surface area contributed by atoms with Crippen LogP contribution in [-0.4, -0.2) is 35.6 Å². The van der Waals surface area contributed by atoms with Crippen molar-refractivity contribution in [2.75, 3.05) is 13.2 Å². The lowest BCUT2D eigenvalue weighted by atomic mass is 9.98. The number of aryl methyl sites for hydroxylation is 2. The lowest BCUT2D eigenvalue weighted by Crippen LogP contribution is -2.36. The van der Waals surface area contributed by atoms with Crippen LogP contribution in [0.25, 0.3) is 11.1 Å². The van der Waals surface area contributed by atoms with Crippen LogP contribution in [0.2, 0.25) is 0 Å². The zero-order valence-corrected chi connectivity index (χ0v) is 17.7. The van der Waals surface area contributed by atoms with Crippen LogP contribution in [0.5, 0.6) is 0 Å². The summed E-state index contributed by atoms with van der Waals surface area (Å²) < 4.78 is 5.47. The lowest BCUT2D eigenvalue weighted by molar-refractivity contribution is 0.0185. The summed E-state index contributed by atoms with van der Waals surface area (Å²) >= 11 is 0. The second kappa shape index (κ2) is 8.92. The maximum absolute atomic E-state index is 12.3. The summed E-state index contributed by atoms with van der Waals surface area (Å²) in [7, 11) is 0. The van der Waals surface area contributed by atoms with E-state index in [1.807, 2.05) is 56.3 Å².